The lowest BCUT2D eigenvalue weighted by Crippen LogP contribution is -2.11. The summed E-state index contributed by atoms with van der Waals surface area (Å²) in [7, 11) is 1.94. The highest BCUT2D eigenvalue weighted by Gasteiger charge is 2.14. The number of carbonyl (C=O) groups excluding carboxylic acids is 1. The minimum atomic E-state index is -0.276. The molecule has 4 rings (SSSR count). The van der Waals surface area contributed by atoms with Crippen LogP contribution in [-0.2, 0) is 12.8 Å². The average molecular weight is 438 g/mol. The number of hydrogen-bond donors (Lipinski definition) is 1. The van der Waals surface area contributed by atoms with Crippen LogP contribution in [-0.4, -0.2) is 15.5 Å². The van der Waals surface area contributed by atoms with Crippen molar-refractivity contribution in [1.82, 2.24) is 9.55 Å². The van der Waals surface area contributed by atoms with E-state index in [0.717, 1.165) is 33.3 Å². The third kappa shape index (κ3) is 4.61. The molecule has 30 heavy (non-hydrogen) atoms. The van der Waals surface area contributed by atoms with Crippen LogP contribution in [0.15, 0.2) is 76.6 Å². The van der Waals surface area contributed by atoms with Gasteiger partial charge in [-0.3, -0.25) is 4.79 Å². The molecular formula is C23H20ClN3O2S. The fourth-order valence-electron chi connectivity index (χ4n) is 3.04. The van der Waals surface area contributed by atoms with Crippen molar-refractivity contribution in [2.24, 2.45) is 7.05 Å². The molecule has 4 aromatic rings. The van der Waals surface area contributed by atoms with Crippen LogP contribution in [0.25, 0.3) is 11.1 Å². The lowest BCUT2D eigenvalue weighted by Gasteiger charge is -2.10. The molecule has 2 aromatic carbocycles. The van der Waals surface area contributed by atoms with Crippen molar-refractivity contribution >= 4 is 35.0 Å². The van der Waals surface area contributed by atoms with Crippen molar-refractivity contribution in [1.29, 1.82) is 0 Å². The first-order valence-electron chi connectivity index (χ1n) is 9.36. The molecule has 5 nitrogen and oxygen atoms in total. The number of carbonyl (C=O) groups is 1. The van der Waals surface area contributed by atoms with Gasteiger partial charge in [0.05, 0.1) is 5.75 Å². The summed E-state index contributed by atoms with van der Waals surface area (Å²) in [6.07, 6.45) is 3.65. The SMILES string of the molecule is Cc1cc(-c2cccc(Cl)c2)ccc1NC(=O)c1ccc(CSc2nccn2C)o1. The van der Waals surface area contributed by atoms with E-state index in [-0.39, 0.29) is 11.7 Å². The Morgan fingerprint density at radius 3 is 2.73 bits per heavy atom. The van der Waals surface area contributed by atoms with Crippen LogP contribution in [0.4, 0.5) is 5.69 Å². The number of furan rings is 1. The molecule has 0 atom stereocenters. The highest BCUT2D eigenvalue weighted by molar-refractivity contribution is 7.98. The zero-order chi connectivity index (χ0) is 21.1. The maximum absolute atomic E-state index is 12.6. The van der Waals surface area contributed by atoms with Gasteiger partial charge >= 0.3 is 0 Å². The lowest BCUT2D eigenvalue weighted by atomic mass is 10.0. The summed E-state index contributed by atoms with van der Waals surface area (Å²) in [6.45, 7) is 1.96. The quantitative estimate of drug-likeness (QED) is 0.365. The number of hydrogen-bond acceptors (Lipinski definition) is 4. The Morgan fingerprint density at radius 2 is 2.00 bits per heavy atom. The summed E-state index contributed by atoms with van der Waals surface area (Å²) in [4.78, 5) is 16.9. The number of anilines is 1. The monoisotopic (exact) mass is 437 g/mol. The molecule has 7 heteroatoms. The summed E-state index contributed by atoms with van der Waals surface area (Å²) in [5.74, 6) is 1.33. The van der Waals surface area contributed by atoms with E-state index in [1.807, 2.05) is 73.3 Å². The van der Waals surface area contributed by atoms with Crippen molar-refractivity contribution in [3.05, 3.63) is 89.1 Å². The van der Waals surface area contributed by atoms with Crippen LogP contribution in [0.2, 0.25) is 5.02 Å². The number of nitrogens with one attached hydrogen (secondary N) is 1. The summed E-state index contributed by atoms with van der Waals surface area (Å²) in [5, 5.41) is 4.51. The maximum Gasteiger partial charge on any atom is 0.291 e. The number of thioether (sulfide) groups is 1. The third-order valence-electron chi connectivity index (χ3n) is 4.64. The van der Waals surface area contributed by atoms with Crippen molar-refractivity contribution in [2.75, 3.05) is 5.32 Å². The predicted octanol–water partition coefficient (Wildman–Crippen LogP) is 6.19. The van der Waals surface area contributed by atoms with Gasteiger partial charge in [-0.2, -0.15) is 0 Å². The predicted molar refractivity (Wildman–Crippen MR) is 121 cm³/mol. The molecule has 0 fully saturated rings. The van der Waals surface area contributed by atoms with E-state index in [2.05, 4.69) is 10.3 Å². The first-order valence-corrected chi connectivity index (χ1v) is 10.7. The van der Waals surface area contributed by atoms with Crippen LogP contribution in [0.1, 0.15) is 21.9 Å². The Morgan fingerprint density at radius 1 is 1.17 bits per heavy atom. The van der Waals surface area contributed by atoms with E-state index in [1.54, 1.807) is 24.0 Å². The smallest absolute Gasteiger partial charge is 0.291 e. The average Bonchev–Trinajstić information content (AvgIpc) is 3.37. The Balaban J connectivity index is 1.42. The second kappa shape index (κ2) is 8.81. The summed E-state index contributed by atoms with van der Waals surface area (Å²) >= 11 is 7.65. The molecular weight excluding hydrogens is 418 g/mol. The van der Waals surface area contributed by atoms with Gasteiger partial charge in [0, 0.05) is 30.2 Å². The van der Waals surface area contributed by atoms with Crippen LogP contribution in [0.3, 0.4) is 0 Å². The largest absolute Gasteiger partial charge is 0.455 e. The summed E-state index contributed by atoms with van der Waals surface area (Å²) in [6, 6.07) is 17.1. The molecule has 0 saturated heterocycles. The number of aromatic nitrogens is 2. The van der Waals surface area contributed by atoms with E-state index < -0.39 is 0 Å². The van der Waals surface area contributed by atoms with Crippen molar-refractivity contribution in [3.63, 3.8) is 0 Å². The van der Waals surface area contributed by atoms with Gasteiger partial charge in [0.25, 0.3) is 5.91 Å². The number of amides is 1. The number of nitrogens with zero attached hydrogens (tertiary/aromatic N) is 2. The van der Waals surface area contributed by atoms with Crippen LogP contribution in [0.5, 0.6) is 0 Å². The second-order valence-corrected chi connectivity index (χ2v) is 8.25. The molecule has 0 aliphatic heterocycles. The molecule has 0 saturated carbocycles. The van der Waals surface area contributed by atoms with Crippen LogP contribution in [0, 0.1) is 6.92 Å². The number of benzene rings is 2. The second-order valence-electron chi connectivity index (χ2n) is 6.87. The van der Waals surface area contributed by atoms with Crippen molar-refractivity contribution in [3.8, 4) is 11.1 Å². The number of halogens is 1. The molecule has 0 spiro atoms. The van der Waals surface area contributed by atoms with E-state index in [9.17, 15) is 4.79 Å². The molecule has 0 unspecified atom stereocenters. The van der Waals surface area contributed by atoms with E-state index in [1.165, 1.54) is 0 Å². The minimum absolute atomic E-state index is 0.276. The standard InChI is InChI=1S/C23H20ClN3O2S/c1-15-12-17(16-4-3-5-18(24)13-16)6-8-20(15)26-22(28)21-9-7-19(29-21)14-30-23-25-10-11-27(23)2/h3-13H,14H2,1-2H3,(H,26,28). The zero-order valence-electron chi connectivity index (χ0n) is 16.6. The number of imidazole rings is 1. The number of rotatable bonds is 6. The Labute approximate surface area is 184 Å². The van der Waals surface area contributed by atoms with Crippen LogP contribution >= 0.6 is 23.4 Å². The van der Waals surface area contributed by atoms with Crippen molar-refractivity contribution < 1.29 is 9.21 Å². The highest BCUT2D eigenvalue weighted by Crippen LogP contribution is 2.27. The molecule has 0 aliphatic carbocycles. The van der Waals surface area contributed by atoms with Gasteiger partial charge < -0.3 is 14.3 Å². The van der Waals surface area contributed by atoms with Gasteiger partial charge in [0.2, 0.25) is 0 Å². The van der Waals surface area contributed by atoms with Crippen molar-refractivity contribution in [2.45, 2.75) is 17.8 Å². The normalized spacial score (nSPS) is 10.9. The molecule has 152 valence electrons. The molecule has 0 bridgehead atoms. The first kappa shape index (κ1) is 20.3. The van der Waals surface area contributed by atoms with E-state index >= 15 is 0 Å². The molecule has 2 aromatic heterocycles. The maximum atomic E-state index is 12.6. The Bertz CT molecular complexity index is 1200. The minimum Gasteiger partial charge on any atom is -0.455 e. The molecule has 1 N–H and O–H groups in total. The van der Waals surface area contributed by atoms with Gasteiger partial charge in [-0.15, -0.1) is 0 Å². The Hall–Kier alpha value is -2.96. The van der Waals surface area contributed by atoms with Gasteiger partial charge in [-0.1, -0.05) is 41.6 Å². The molecule has 0 aliphatic rings. The summed E-state index contributed by atoms with van der Waals surface area (Å²) < 4.78 is 7.66. The van der Waals surface area contributed by atoms with E-state index in [0.29, 0.717) is 10.8 Å². The Kier molecular flexibility index (Phi) is 5.97. The van der Waals surface area contributed by atoms with E-state index in [4.69, 9.17) is 16.0 Å². The van der Waals surface area contributed by atoms with Gasteiger partial charge in [0.1, 0.15) is 5.76 Å². The molecule has 0 radical (unpaired) electrons. The van der Waals surface area contributed by atoms with Gasteiger partial charge in [-0.05, 0) is 60.0 Å². The zero-order valence-corrected chi connectivity index (χ0v) is 18.1. The van der Waals surface area contributed by atoms with Gasteiger partial charge in [0.15, 0.2) is 10.9 Å². The van der Waals surface area contributed by atoms with Gasteiger partial charge in [-0.25, -0.2) is 4.98 Å². The molecule has 1 amide bonds. The topological polar surface area (TPSA) is 60.1 Å². The highest BCUT2D eigenvalue weighted by atomic mass is 35.5. The first-order chi connectivity index (χ1) is 14.5. The van der Waals surface area contributed by atoms with Crippen LogP contribution < -0.4 is 5.32 Å². The fourth-order valence-corrected chi connectivity index (χ4v) is 4.06. The number of aryl methyl sites for hydroxylation is 2. The molecule has 2 heterocycles. The fraction of sp³-hybridized carbons (Fsp3) is 0.130. The lowest BCUT2D eigenvalue weighted by molar-refractivity contribution is 0.0995. The third-order valence-corrected chi connectivity index (χ3v) is 5.95. The summed E-state index contributed by atoms with van der Waals surface area (Å²) in [5.41, 5.74) is 3.77.